The van der Waals surface area contributed by atoms with Gasteiger partial charge in [0.05, 0.1) is 32.2 Å². The van der Waals surface area contributed by atoms with Crippen molar-refractivity contribution in [3.05, 3.63) is 48.6 Å². The molecule has 10 nitrogen and oxygen atoms in total. The van der Waals surface area contributed by atoms with Crippen molar-refractivity contribution in [3.63, 3.8) is 0 Å². The van der Waals surface area contributed by atoms with Crippen LogP contribution in [0.15, 0.2) is 48.6 Å². The van der Waals surface area contributed by atoms with E-state index in [1.54, 1.807) is 0 Å². The van der Waals surface area contributed by atoms with Crippen molar-refractivity contribution in [3.8, 4) is 0 Å². The van der Waals surface area contributed by atoms with Crippen LogP contribution in [0.4, 0.5) is 4.79 Å². The molecule has 1 aliphatic rings. The third-order valence-corrected chi connectivity index (χ3v) is 11.3. The average Bonchev–Trinajstić information content (AvgIpc) is 3.29. The first-order valence-electron chi connectivity index (χ1n) is 25.6. The molecule has 0 radical (unpaired) electrons. The van der Waals surface area contributed by atoms with Crippen LogP contribution in [0, 0.1) is 11.8 Å². The van der Waals surface area contributed by atoms with Crippen molar-refractivity contribution < 1.29 is 42.8 Å². The molecule has 10 heteroatoms. The SMILES string of the molecule is CCCCC/C=C\C/C=C\CCCCCCCC(=O)OCC(COC(=O)CCC(OC/C=C\CCCCCC)OC/C=C\CCCCCC)COC(=O)OCC1CCCN(CC)C1. The molecule has 0 spiro atoms. The molecule has 2 atom stereocenters. The zero-order valence-electron chi connectivity index (χ0n) is 40.7. The lowest BCUT2D eigenvalue weighted by atomic mass is 9.99. The van der Waals surface area contributed by atoms with E-state index in [0.29, 0.717) is 32.7 Å². The number of nitrogens with zero attached hydrogens (tertiary/aromatic N) is 1. The Bertz CT molecular complexity index is 1170. The Labute approximate surface area is 385 Å². The highest BCUT2D eigenvalue weighted by atomic mass is 16.7. The fourth-order valence-corrected chi connectivity index (χ4v) is 7.30. The molecule has 0 amide bonds. The number of likely N-dealkylation sites (tertiary alicyclic amines) is 1. The highest BCUT2D eigenvalue weighted by Gasteiger charge is 2.22. The Morgan fingerprint density at radius 3 is 1.63 bits per heavy atom. The molecule has 0 bridgehead atoms. The maximum Gasteiger partial charge on any atom is 0.508 e. The summed E-state index contributed by atoms with van der Waals surface area (Å²) in [6.45, 7) is 12.7. The lowest BCUT2D eigenvalue weighted by Crippen LogP contribution is -2.37. The van der Waals surface area contributed by atoms with E-state index in [1.807, 2.05) is 12.2 Å². The molecular weight excluding hydrogens is 795 g/mol. The van der Waals surface area contributed by atoms with E-state index in [4.69, 9.17) is 28.4 Å². The van der Waals surface area contributed by atoms with Gasteiger partial charge in [0.2, 0.25) is 0 Å². The Kier molecular flexibility index (Phi) is 40.8. The topological polar surface area (TPSA) is 110 Å². The number of hydrogen-bond acceptors (Lipinski definition) is 10. The largest absolute Gasteiger partial charge is 0.508 e. The van der Waals surface area contributed by atoms with Gasteiger partial charge in [0.15, 0.2) is 6.29 Å². The number of ether oxygens (including phenoxy) is 6. The van der Waals surface area contributed by atoms with Gasteiger partial charge in [-0.05, 0) is 90.1 Å². The van der Waals surface area contributed by atoms with E-state index >= 15 is 0 Å². The van der Waals surface area contributed by atoms with E-state index in [2.05, 4.69) is 69.1 Å². The molecule has 1 rings (SSSR count). The third-order valence-electron chi connectivity index (χ3n) is 11.3. The molecular formula is C53H93NO9. The molecule has 1 saturated heterocycles. The van der Waals surface area contributed by atoms with Crippen molar-refractivity contribution in [2.24, 2.45) is 11.8 Å². The fraction of sp³-hybridized carbons (Fsp3) is 0.792. The summed E-state index contributed by atoms with van der Waals surface area (Å²) < 4.78 is 34.2. The van der Waals surface area contributed by atoms with Crippen LogP contribution in [-0.4, -0.2) is 88.6 Å². The normalized spacial score (nSPS) is 15.3. The average molecular weight is 888 g/mol. The summed E-state index contributed by atoms with van der Waals surface area (Å²) in [5.41, 5.74) is 0. The molecule has 0 aromatic rings. The van der Waals surface area contributed by atoms with Gasteiger partial charge in [-0.1, -0.05) is 147 Å². The standard InChI is InChI=1S/C53H93NO9/c1-5-9-12-15-18-19-20-21-22-23-24-25-26-29-32-37-50(55)60-45-49(47-63-53(57)62-44-48-36-35-40-54(8-4)43-48)46-61-51(56)38-39-52(58-41-33-30-27-16-13-10-6-2)59-42-34-31-28-17-14-11-7-3/h18-19,21-22,30-31,33-34,48-49,52H,5-17,20,23-29,32,35-47H2,1-4H3/b19-18-,22-21-,33-30-,34-31-. The summed E-state index contributed by atoms with van der Waals surface area (Å²) in [5, 5.41) is 0. The van der Waals surface area contributed by atoms with E-state index in [9.17, 15) is 14.4 Å². The predicted molar refractivity (Wildman–Crippen MR) is 258 cm³/mol. The first-order valence-corrected chi connectivity index (χ1v) is 25.6. The van der Waals surface area contributed by atoms with Crippen LogP contribution < -0.4 is 0 Å². The first kappa shape index (κ1) is 58.1. The Hall–Kier alpha value is -2.95. The Morgan fingerprint density at radius 2 is 1.05 bits per heavy atom. The van der Waals surface area contributed by atoms with Crippen molar-refractivity contribution in [1.29, 1.82) is 0 Å². The van der Waals surface area contributed by atoms with Crippen LogP contribution in [0.3, 0.4) is 0 Å². The van der Waals surface area contributed by atoms with Crippen molar-refractivity contribution in [2.75, 3.05) is 59.3 Å². The van der Waals surface area contributed by atoms with Crippen LogP contribution >= 0.6 is 0 Å². The van der Waals surface area contributed by atoms with Crippen LogP contribution in [0.5, 0.6) is 0 Å². The monoisotopic (exact) mass is 888 g/mol. The van der Waals surface area contributed by atoms with Gasteiger partial charge in [-0.15, -0.1) is 0 Å². The van der Waals surface area contributed by atoms with Gasteiger partial charge < -0.3 is 33.3 Å². The Morgan fingerprint density at radius 1 is 0.556 bits per heavy atom. The minimum Gasteiger partial charge on any atom is -0.465 e. The molecule has 0 N–H and O–H groups in total. The van der Waals surface area contributed by atoms with Crippen LogP contribution in [0.25, 0.3) is 0 Å². The molecule has 1 fully saturated rings. The van der Waals surface area contributed by atoms with Crippen LogP contribution in [0.1, 0.15) is 195 Å². The molecule has 0 saturated carbocycles. The highest BCUT2D eigenvalue weighted by molar-refractivity contribution is 5.69. The number of allylic oxidation sites excluding steroid dienone is 6. The molecule has 1 heterocycles. The summed E-state index contributed by atoms with van der Waals surface area (Å²) in [6.07, 6.45) is 42.9. The first-order chi connectivity index (χ1) is 30.9. The van der Waals surface area contributed by atoms with E-state index in [1.165, 1.54) is 77.0 Å². The molecule has 2 unspecified atom stereocenters. The lowest BCUT2D eigenvalue weighted by molar-refractivity contribution is -0.156. The number of hydrogen-bond donors (Lipinski definition) is 0. The number of carbonyl (C=O) groups is 3. The summed E-state index contributed by atoms with van der Waals surface area (Å²) >= 11 is 0. The second-order valence-electron chi connectivity index (χ2n) is 17.3. The summed E-state index contributed by atoms with van der Waals surface area (Å²) in [5.74, 6) is -0.992. The van der Waals surface area contributed by atoms with Crippen LogP contribution in [0.2, 0.25) is 0 Å². The van der Waals surface area contributed by atoms with Gasteiger partial charge in [0, 0.05) is 25.3 Å². The number of rotatable bonds is 42. The molecule has 1 aliphatic heterocycles. The molecule has 63 heavy (non-hydrogen) atoms. The second kappa shape index (κ2) is 44.3. The summed E-state index contributed by atoms with van der Waals surface area (Å²) in [6, 6.07) is 0. The van der Waals surface area contributed by atoms with Gasteiger partial charge >= 0.3 is 18.1 Å². The lowest BCUT2D eigenvalue weighted by Gasteiger charge is -2.31. The summed E-state index contributed by atoms with van der Waals surface area (Å²) in [4.78, 5) is 40.7. The quantitative estimate of drug-likeness (QED) is 0.0193. The zero-order valence-corrected chi connectivity index (χ0v) is 40.7. The summed E-state index contributed by atoms with van der Waals surface area (Å²) in [7, 11) is 0. The zero-order chi connectivity index (χ0) is 45.7. The minimum absolute atomic E-state index is 0.0296. The predicted octanol–water partition coefficient (Wildman–Crippen LogP) is 13.6. The number of unbranched alkanes of at least 4 members (excludes halogenated alkanes) is 16. The van der Waals surface area contributed by atoms with Crippen molar-refractivity contribution in [1.82, 2.24) is 4.90 Å². The van der Waals surface area contributed by atoms with Gasteiger partial charge in [0.1, 0.15) is 19.8 Å². The highest BCUT2D eigenvalue weighted by Crippen LogP contribution is 2.17. The number of esters is 2. The van der Waals surface area contributed by atoms with E-state index in [-0.39, 0.29) is 38.1 Å². The number of carbonyl (C=O) groups excluding carboxylic acids is 3. The van der Waals surface area contributed by atoms with Crippen LogP contribution in [-0.2, 0) is 38.0 Å². The van der Waals surface area contributed by atoms with Crippen molar-refractivity contribution >= 4 is 18.1 Å². The van der Waals surface area contributed by atoms with E-state index < -0.39 is 24.3 Å². The van der Waals surface area contributed by atoms with Gasteiger partial charge in [-0.3, -0.25) is 9.59 Å². The maximum atomic E-state index is 13.0. The third kappa shape index (κ3) is 38.1. The van der Waals surface area contributed by atoms with Gasteiger partial charge in [-0.2, -0.15) is 0 Å². The fourth-order valence-electron chi connectivity index (χ4n) is 7.30. The Balaban J connectivity index is 2.60. The second-order valence-corrected chi connectivity index (χ2v) is 17.3. The number of piperidine rings is 1. The van der Waals surface area contributed by atoms with Gasteiger partial charge in [0.25, 0.3) is 0 Å². The molecule has 0 aromatic carbocycles. The molecule has 0 aliphatic carbocycles. The van der Waals surface area contributed by atoms with Gasteiger partial charge in [-0.25, -0.2) is 4.79 Å². The molecule has 0 aromatic heterocycles. The van der Waals surface area contributed by atoms with E-state index in [0.717, 1.165) is 90.3 Å². The molecule has 364 valence electrons. The minimum atomic E-state index is -0.765. The smallest absolute Gasteiger partial charge is 0.465 e. The van der Waals surface area contributed by atoms with Crippen molar-refractivity contribution in [2.45, 2.75) is 201 Å². The maximum absolute atomic E-state index is 13.0.